The fourth-order valence-corrected chi connectivity index (χ4v) is 21.2. The Hall–Kier alpha value is -3.29. The summed E-state index contributed by atoms with van der Waals surface area (Å²) in [6.07, 6.45) is 0.287. The average molecular weight is 900 g/mol. The van der Waals surface area contributed by atoms with Gasteiger partial charge in [0.1, 0.15) is 23.2 Å². The highest BCUT2D eigenvalue weighted by Crippen LogP contribution is 2.49. The van der Waals surface area contributed by atoms with Crippen LogP contribution in [0.2, 0.25) is 22.2 Å². The van der Waals surface area contributed by atoms with Gasteiger partial charge in [0.25, 0.3) is 11.8 Å². The van der Waals surface area contributed by atoms with Gasteiger partial charge in [-0.3, -0.25) is 4.57 Å². The van der Waals surface area contributed by atoms with Gasteiger partial charge in [-0.2, -0.15) is 23.6 Å². The quantitative estimate of drug-likeness (QED) is 0.0438. The molecule has 0 N–H and O–H groups in total. The number of hydrogen-bond donors (Lipinski definition) is 0. The first kappa shape index (κ1) is 48.7. The van der Waals surface area contributed by atoms with Gasteiger partial charge in [0, 0.05) is 14.1 Å². The van der Waals surface area contributed by atoms with E-state index >= 15 is 0 Å². The van der Waals surface area contributed by atoms with Crippen LogP contribution in [0.1, 0.15) is 144 Å². The molecule has 15 nitrogen and oxygen atoms in total. The fraction of sp³-hybridized carbons (Fsp3) is 0.698. The molecule has 5 rings (SSSR count). The van der Waals surface area contributed by atoms with Crippen LogP contribution in [0.5, 0.6) is 5.88 Å². The normalized spacial score (nSPS) is 22.0. The van der Waals surface area contributed by atoms with Crippen molar-refractivity contribution in [2.75, 3.05) is 27.3 Å². The van der Waals surface area contributed by atoms with Crippen LogP contribution in [0.3, 0.4) is 0 Å². The number of fused-ring (bicyclic) bond motifs is 2. The molecule has 1 unspecified atom stereocenters. The molecule has 4 atom stereocenters. The molecule has 0 aliphatic carbocycles. The lowest BCUT2D eigenvalue weighted by atomic mass is 9.89. The third-order valence-electron chi connectivity index (χ3n) is 11.7. The summed E-state index contributed by atoms with van der Waals surface area (Å²) in [6, 6.07) is 6.11. The van der Waals surface area contributed by atoms with Crippen LogP contribution in [0, 0.1) is 11.3 Å². The molecular formula is C43H69N7O8SSi2. The molecule has 2 aromatic heterocycles. The third kappa shape index (κ3) is 9.79. The van der Waals surface area contributed by atoms with Gasteiger partial charge in [0.2, 0.25) is 0 Å². The Morgan fingerprint density at radius 1 is 0.918 bits per heavy atom. The second-order valence-electron chi connectivity index (χ2n) is 18.8. The first-order chi connectivity index (χ1) is 28.5. The molecule has 4 heterocycles. The van der Waals surface area contributed by atoms with E-state index in [4.69, 9.17) is 31.6 Å². The molecule has 338 valence electrons. The summed E-state index contributed by atoms with van der Waals surface area (Å²) < 4.78 is 72.6. The van der Waals surface area contributed by atoms with Gasteiger partial charge in [0.05, 0.1) is 38.4 Å². The first-order valence-corrected chi connectivity index (χ1v) is 27.1. The van der Waals surface area contributed by atoms with Gasteiger partial charge in [-0.25, -0.2) is 9.98 Å². The van der Waals surface area contributed by atoms with E-state index in [0.717, 1.165) is 5.56 Å². The van der Waals surface area contributed by atoms with Crippen LogP contribution in [-0.4, -0.2) is 102 Å². The lowest BCUT2D eigenvalue weighted by Gasteiger charge is -2.51. The number of imidazole rings is 1. The summed E-state index contributed by atoms with van der Waals surface area (Å²) in [7, 11) is -6.90. The topological polar surface area (TPSA) is 173 Å². The predicted molar refractivity (Wildman–Crippen MR) is 241 cm³/mol. The van der Waals surface area contributed by atoms with Crippen LogP contribution in [0.25, 0.3) is 11.2 Å². The molecule has 2 aliphatic rings. The minimum absolute atomic E-state index is 0.0487. The van der Waals surface area contributed by atoms with Gasteiger partial charge >= 0.3 is 27.2 Å². The van der Waals surface area contributed by atoms with Crippen molar-refractivity contribution in [3.8, 4) is 11.9 Å². The number of nitriles is 1. The van der Waals surface area contributed by atoms with E-state index < -0.39 is 51.8 Å². The monoisotopic (exact) mass is 899 g/mol. The molecule has 0 radical (unpaired) electrons. The Labute approximate surface area is 366 Å². The van der Waals surface area contributed by atoms with Gasteiger partial charge in [-0.15, -0.1) is 0 Å². The number of nitrogens with zero attached hydrogens (tertiary/aromatic N) is 7. The molecule has 0 bridgehead atoms. The van der Waals surface area contributed by atoms with Crippen molar-refractivity contribution in [1.82, 2.24) is 24.4 Å². The number of ether oxygens (including phenoxy) is 2. The summed E-state index contributed by atoms with van der Waals surface area (Å²) in [5.41, 5.74) is 3.04. The zero-order chi connectivity index (χ0) is 45.4. The van der Waals surface area contributed by atoms with Gasteiger partial charge < -0.3 is 31.5 Å². The van der Waals surface area contributed by atoms with Crippen LogP contribution in [0.15, 0.2) is 28.3 Å². The summed E-state index contributed by atoms with van der Waals surface area (Å²) in [5, 5.41) is 9.56. The highest BCUT2D eigenvalue weighted by atomic mass is 32.2. The Bertz CT molecular complexity index is 2140. The molecule has 2 saturated heterocycles. The van der Waals surface area contributed by atoms with E-state index in [1.807, 2.05) is 39.8 Å². The number of rotatable bonds is 16. The van der Waals surface area contributed by atoms with E-state index in [1.165, 1.54) is 12.7 Å². The number of aliphatic imine (C=N–C) groups is 1. The Morgan fingerprint density at radius 3 is 2.02 bits per heavy atom. The van der Waals surface area contributed by atoms with Crippen molar-refractivity contribution in [2.45, 2.75) is 173 Å². The van der Waals surface area contributed by atoms with Crippen molar-refractivity contribution < 1.29 is 35.0 Å². The zero-order valence-corrected chi connectivity index (χ0v) is 41.9. The van der Waals surface area contributed by atoms with Crippen LogP contribution in [-0.2, 0) is 32.6 Å². The molecule has 2 aliphatic heterocycles. The molecule has 3 aromatic rings. The van der Waals surface area contributed by atoms with E-state index in [1.54, 1.807) is 23.6 Å². The highest BCUT2D eigenvalue weighted by Gasteiger charge is 2.62. The Kier molecular flexibility index (Phi) is 15.4. The van der Waals surface area contributed by atoms with Gasteiger partial charge in [-0.1, -0.05) is 109 Å². The van der Waals surface area contributed by atoms with Crippen LogP contribution < -0.4 is 4.18 Å². The lowest BCUT2D eigenvalue weighted by molar-refractivity contribution is -0.0682. The first-order valence-electron chi connectivity index (χ1n) is 21.7. The SMILES string of the molecule is CC(C)c1cc(C(C)C)c(S(=O)(=O)Oc2nc(/N=C/N(C)C)nc3c2ncn3[C@@H]2O[C@@H]3CO[Si](C(C)C)(C(C)C)O[Si](C(C)C)(C(C)C)OC3[C@@H]2OCCC#N)c(C(C)C)c1. The van der Waals surface area contributed by atoms with Gasteiger partial charge in [0.15, 0.2) is 17.4 Å². The third-order valence-corrected chi connectivity index (χ3v) is 23.3. The summed E-state index contributed by atoms with van der Waals surface area (Å²) in [4.78, 5) is 20.3. The minimum Gasteiger partial charge on any atom is -0.414 e. The maximum Gasteiger partial charge on any atom is 0.341 e. The van der Waals surface area contributed by atoms with E-state index in [2.05, 4.69) is 90.3 Å². The molecule has 61 heavy (non-hydrogen) atoms. The van der Waals surface area contributed by atoms with E-state index in [-0.39, 0.29) is 87.4 Å². The molecule has 0 spiro atoms. The van der Waals surface area contributed by atoms with Crippen molar-refractivity contribution in [3.05, 3.63) is 35.2 Å². The average Bonchev–Trinajstić information content (AvgIpc) is 3.73. The molecule has 0 saturated carbocycles. The highest BCUT2D eigenvalue weighted by molar-refractivity contribution is 7.87. The molecule has 0 amide bonds. The maximum atomic E-state index is 14.7. The van der Waals surface area contributed by atoms with Crippen molar-refractivity contribution in [1.29, 1.82) is 5.26 Å². The summed E-state index contributed by atoms with van der Waals surface area (Å²) >= 11 is 0. The summed E-state index contributed by atoms with van der Waals surface area (Å²) in [5.74, 6) is -0.384. The Morgan fingerprint density at radius 2 is 1.51 bits per heavy atom. The largest absolute Gasteiger partial charge is 0.414 e. The predicted octanol–water partition coefficient (Wildman–Crippen LogP) is 9.34. The Balaban J connectivity index is 1.71. The molecular weight excluding hydrogens is 831 g/mol. The second-order valence-corrected chi connectivity index (χ2v) is 29.1. The smallest absolute Gasteiger partial charge is 0.341 e. The fourth-order valence-electron chi connectivity index (χ4n) is 8.44. The van der Waals surface area contributed by atoms with Crippen molar-refractivity contribution in [2.24, 2.45) is 4.99 Å². The van der Waals surface area contributed by atoms with Crippen LogP contribution in [0.4, 0.5) is 5.95 Å². The van der Waals surface area contributed by atoms with E-state index in [0.29, 0.717) is 11.1 Å². The minimum atomic E-state index is -4.49. The number of aromatic nitrogens is 4. The molecule has 2 fully saturated rings. The van der Waals surface area contributed by atoms with Gasteiger partial charge in [-0.05, 0) is 56.6 Å². The lowest BCUT2D eigenvalue weighted by Crippen LogP contribution is -2.66. The second kappa shape index (κ2) is 19.2. The van der Waals surface area contributed by atoms with Crippen molar-refractivity contribution in [3.63, 3.8) is 0 Å². The molecule has 1 aromatic carbocycles. The number of hydrogen-bond acceptors (Lipinski definition) is 13. The summed E-state index contributed by atoms with van der Waals surface area (Å²) in [6.45, 7) is 29.7. The standard InChI is InChI=1S/C43H69N7O8SSi2/c1-25(2)32-20-33(26(3)4)39(34(21-32)27(5)6)59(51,52)56-41-36-40(47-43(48-41)46-23-49(15)16)50(24-45-36)42-38(53-19-17-18-44)37-35(55-42)22-54-60(28(7)8,29(9)10)58-61(57-37,30(11)12)31(13)14/h20-21,23-31,35,37-38,42H,17,19,22H2,1-16H3/b46-23+/t35-,37?,38+,42-/m1/s1. The molecule has 18 heteroatoms. The van der Waals surface area contributed by atoms with E-state index in [9.17, 15) is 13.7 Å². The van der Waals surface area contributed by atoms with Crippen LogP contribution >= 0.6 is 0 Å². The number of benzene rings is 1. The van der Waals surface area contributed by atoms with Crippen molar-refractivity contribution >= 4 is 50.7 Å². The zero-order valence-electron chi connectivity index (χ0n) is 39.1. The maximum absolute atomic E-state index is 14.7.